The minimum Gasteiger partial charge on any atom is -0.355 e. The molecule has 0 spiro atoms. The minimum atomic E-state index is -3.82. The first-order valence-electron chi connectivity index (χ1n) is 11.0. The molecule has 2 heterocycles. The maximum Gasteiger partial charge on any atom is 0.263 e. The summed E-state index contributed by atoms with van der Waals surface area (Å²) in [7, 11) is -3.82. The molecule has 10 heteroatoms. The Morgan fingerprint density at radius 3 is 2.24 bits per heavy atom. The zero-order valence-electron chi connectivity index (χ0n) is 18.6. The lowest BCUT2D eigenvalue weighted by atomic mass is 10.2. The predicted octanol–water partition coefficient (Wildman–Crippen LogP) is 2.08. The first-order chi connectivity index (χ1) is 16.0. The Labute approximate surface area is 193 Å². The number of anilines is 2. The van der Waals surface area contributed by atoms with Gasteiger partial charge in [0.1, 0.15) is 0 Å². The van der Waals surface area contributed by atoms with E-state index < -0.39 is 10.0 Å². The van der Waals surface area contributed by atoms with Crippen molar-refractivity contribution in [3.05, 3.63) is 54.6 Å². The molecule has 1 aliphatic heterocycles. The molecule has 1 amide bonds. The van der Waals surface area contributed by atoms with Crippen LogP contribution >= 0.6 is 0 Å². The first kappa shape index (κ1) is 22.9. The van der Waals surface area contributed by atoms with Gasteiger partial charge in [0.2, 0.25) is 5.91 Å². The van der Waals surface area contributed by atoms with Crippen molar-refractivity contribution in [3.8, 4) is 0 Å². The third-order valence-corrected chi connectivity index (χ3v) is 6.80. The number of hydrogen-bond donors (Lipinski definition) is 2. The number of carbonyl (C=O) groups is 1. The summed E-state index contributed by atoms with van der Waals surface area (Å²) in [5.74, 6) is 0.710. The van der Waals surface area contributed by atoms with Crippen LogP contribution in [0.1, 0.15) is 13.3 Å². The lowest BCUT2D eigenvalue weighted by Crippen LogP contribution is -2.50. The molecule has 4 rings (SSSR count). The largest absolute Gasteiger partial charge is 0.355 e. The van der Waals surface area contributed by atoms with Crippen molar-refractivity contribution in [2.45, 2.75) is 18.2 Å². The maximum atomic E-state index is 13.0. The first-order valence-corrected chi connectivity index (χ1v) is 12.5. The van der Waals surface area contributed by atoms with Gasteiger partial charge in [-0.2, -0.15) is 0 Å². The molecule has 2 N–H and O–H groups in total. The molecule has 33 heavy (non-hydrogen) atoms. The second kappa shape index (κ2) is 10.1. The van der Waals surface area contributed by atoms with Crippen LogP contribution in [0.2, 0.25) is 0 Å². The quantitative estimate of drug-likeness (QED) is 0.521. The highest BCUT2D eigenvalue weighted by Gasteiger charge is 2.25. The number of rotatable bonds is 8. The number of fused-ring (bicyclic) bond motifs is 1. The molecule has 3 aromatic rings. The number of hydrogen-bond acceptors (Lipinski definition) is 7. The molecule has 1 saturated heterocycles. The van der Waals surface area contributed by atoms with Gasteiger partial charge >= 0.3 is 0 Å². The third-order valence-electron chi connectivity index (χ3n) is 5.45. The Hall–Kier alpha value is -3.24. The monoisotopic (exact) mass is 468 g/mol. The van der Waals surface area contributed by atoms with E-state index in [4.69, 9.17) is 4.98 Å². The summed E-state index contributed by atoms with van der Waals surface area (Å²) < 4.78 is 28.6. The van der Waals surface area contributed by atoms with E-state index in [0.717, 1.165) is 6.42 Å². The van der Waals surface area contributed by atoms with Gasteiger partial charge in [-0.1, -0.05) is 37.3 Å². The van der Waals surface area contributed by atoms with E-state index in [1.54, 1.807) is 36.4 Å². The molecule has 0 unspecified atom stereocenters. The summed E-state index contributed by atoms with van der Waals surface area (Å²) in [6.07, 6.45) is 0.905. The average Bonchev–Trinajstić information content (AvgIpc) is 2.83. The van der Waals surface area contributed by atoms with Gasteiger partial charge < -0.3 is 10.2 Å². The van der Waals surface area contributed by atoms with Crippen LogP contribution in [0.15, 0.2) is 59.5 Å². The van der Waals surface area contributed by atoms with Gasteiger partial charge in [0.25, 0.3) is 10.0 Å². The second-order valence-corrected chi connectivity index (χ2v) is 9.60. The lowest BCUT2D eigenvalue weighted by Gasteiger charge is -2.35. The molecule has 174 valence electrons. The van der Waals surface area contributed by atoms with E-state index in [1.165, 1.54) is 0 Å². The topological polar surface area (TPSA) is 108 Å². The molecule has 1 fully saturated rings. The SMILES string of the molecule is CCCNC(=O)CN1CCN(c2nc3ccccc3nc2NS(=O)(=O)c2ccccc2)CC1. The zero-order chi connectivity index (χ0) is 23.3. The summed E-state index contributed by atoms with van der Waals surface area (Å²) in [6.45, 7) is 5.59. The fraction of sp³-hybridized carbons (Fsp3) is 0.348. The van der Waals surface area contributed by atoms with Crippen LogP contribution in [0.25, 0.3) is 11.0 Å². The highest BCUT2D eigenvalue weighted by atomic mass is 32.2. The summed E-state index contributed by atoms with van der Waals surface area (Å²) in [5.41, 5.74) is 1.30. The highest BCUT2D eigenvalue weighted by molar-refractivity contribution is 7.92. The summed E-state index contributed by atoms with van der Waals surface area (Å²) >= 11 is 0. The number of amides is 1. The molecule has 1 aliphatic rings. The molecule has 2 aromatic carbocycles. The van der Waals surface area contributed by atoms with E-state index in [1.807, 2.05) is 30.0 Å². The normalized spacial score (nSPS) is 14.9. The van der Waals surface area contributed by atoms with Crippen LogP contribution in [0.5, 0.6) is 0 Å². The van der Waals surface area contributed by atoms with Gasteiger partial charge in [-0.15, -0.1) is 0 Å². The van der Waals surface area contributed by atoms with Gasteiger partial charge in [0, 0.05) is 32.7 Å². The number of aromatic nitrogens is 2. The van der Waals surface area contributed by atoms with Gasteiger partial charge in [0.15, 0.2) is 11.6 Å². The lowest BCUT2D eigenvalue weighted by molar-refractivity contribution is -0.122. The van der Waals surface area contributed by atoms with Crippen molar-refractivity contribution in [2.75, 3.05) is 48.9 Å². The molecular weight excluding hydrogens is 440 g/mol. The maximum absolute atomic E-state index is 13.0. The molecule has 0 bridgehead atoms. The number of nitrogens with zero attached hydrogens (tertiary/aromatic N) is 4. The van der Waals surface area contributed by atoms with Crippen molar-refractivity contribution < 1.29 is 13.2 Å². The molecule has 0 saturated carbocycles. The number of piperazine rings is 1. The van der Waals surface area contributed by atoms with Crippen molar-refractivity contribution in [3.63, 3.8) is 0 Å². The molecule has 0 atom stereocenters. The van der Waals surface area contributed by atoms with Crippen LogP contribution in [-0.2, 0) is 14.8 Å². The molecule has 1 aromatic heterocycles. The highest BCUT2D eigenvalue weighted by Crippen LogP contribution is 2.28. The van der Waals surface area contributed by atoms with Gasteiger partial charge in [-0.05, 0) is 30.7 Å². The minimum absolute atomic E-state index is 0.0205. The van der Waals surface area contributed by atoms with Crippen molar-refractivity contribution in [1.29, 1.82) is 0 Å². The van der Waals surface area contributed by atoms with Gasteiger partial charge in [-0.25, -0.2) is 18.4 Å². The molecule has 0 aliphatic carbocycles. The second-order valence-electron chi connectivity index (χ2n) is 7.92. The molecular formula is C23H28N6O3S. The van der Waals surface area contributed by atoms with Crippen molar-refractivity contribution in [2.24, 2.45) is 0 Å². The van der Waals surface area contributed by atoms with E-state index in [9.17, 15) is 13.2 Å². The third kappa shape index (κ3) is 5.58. The summed E-state index contributed by atoms with van der Waals surface area (Å²) in [4.78, 5) is 25.6. The Morgan fingerprint density at radius 2 is 1.58 bits per heavy atom. The Balaban J connectivity index is 1.56. The summed E-state index contributed by atoms with van der Waals surface area (Å²) in [6, 6.07) is 15.6. The smallest absolute Gasteiger partial charge is 0.263 e. The van der Waals surface area contributed by atoms with Crippen LogP contribution in [0, 0.1) is 0 Å². The van der Waals surface area contributed by atoms with E-state index in [2.05, 4.69) is 19.9 Å². The van der Waals surface area contributed by atoms with Crippen LogP contribution in [-0.4, -0.2) is 68.5 Å². The number of sulfonamides is 1. The Morgan fingerprint density at radius 1 is 0.939 bits per heavy atom. The van der Waals surface area contributed by atoms with Crippen molar-refractivity contribution >= 4 is 38.6 Å². The van der Waals surface area contributed by atoms with Gasteiger partial charge in [-0.3, -0.25) is 14.4 Å². The molecule has 0 radical (unpaired) electrons. The van der Waals surface area contributed by atoms with E-state index >= 15 is 0 Å². The average molecular weight is 469 g/mol. The fourth-order valence-corrected chi connectivity index (χ4v) is 4.73. The zero-order valence-corrected chi connectivity index (χ0v) is 19.4. The van der Waals surface area contributed by atoms with E-state index in [-0.39, 0.29) is 16.6 Å². The summed E-state index contributed by atoms with van der Waals surface area (Å²) in [5, 5.41) is 2.90. The number of nitrogens with one attached hydrogen (secondary N) is 2. The Bertz CT molecular complexity index is 1210. The van der Waals surface area contributed by atoms with E-state index in [0.29, 0.717) is 56.1 Å². The van der Waals surface area contributed by atoms with Gasteiger partial charge in [0.05, 0.1) is 22.5 Å². The Kier molecular flexibility index (Phi) is 7.05. The molecule has 9 nitrogen and oxygen atoms in total. The number of carbonyl (C=O) groups excluding carboxylic acids is 1. The predicted molar refractivity (Wildman–Crippen MR) is 129 cm³/mol. The fourth-order valence-electron chi connectivity index (χ4n) is 3.71. The standard InChI is InChI=1S/C23H28N6O3S/c1-2-12-24-21(30)17-28-13-15-29(16-14-28)23-22(25-19-10-6-7-11-20(19)26-23)27-33(31,32)18-8-4-3-5-9-18/h3-11H,2,12-17H2,1H3,(H,24,30)(H,25,27). The van der Waals surface area contributed by atoms with Crippen LogP contribution in [0.3, 0.4) is 0 Å². The number of para-hydroxylation sites is 2. The van der Waals surface area contributed by atoms with Crippen LogP contribution < -0.4 is 14.9 Å². The van der Waals surface area contributed by atoms with Crippen LogP contribution in [0.4, 0.5) is 11.6 Å². The number of benzene rings is 2. The van der Waals surface area contributed by atoms with Crippen molar-refractivity contribution in [1.82, 2.24) is 20.2 Å².